The molecule has 146 heavy (non-hydrogen) atoms. The van der Waals surface area contributed by atoms with Crippen LogP contribution in [0.3, 0.4) is 0 Å². The SMILES string of the molecule is CCCCc1nc2c(N)nc3cc(C4CCN(C(=O)CCOCCOCCOCCOCCOCCOCCOCCNC(=O)[C@H](CCC(=O)N[C@H](C(=O)N[C@@H](CCCCNC(=O)OC(C)(C)C)C(=O)NCC(=O)NCOCC(=O)N[C@H]5CCc6c(C)c(F)cc7nc8c(c5c67)Cn5c-8cc6c(c5=O)COC(=O)[C@]6(O)CC)C(C)C)NC(=O)OCC5c6ccccc6-c6ccccc65)CC4)sc3c2n1CC1CCOCC1. The van der Waals surface area contributed by atoms with E-state index in [9.17, 15) is 57.8 Å². The number of fused-ring (bicyclic) bond motifs is 11. The monoisotopic (exact) mass is 2050 g/mol. The van der Waals surface area contributed by atoms with Gasteiger partial charge in [-0.3, -0.25) is 38.4 Å². The number of aliphatic hydroxyl groups is 1. The molecule has 9 heterocycles. The average molecular weight is 2050 g/mol. The number of halogens is 1. The number of ether oxygens (including phenoxy) is 12. The zero-order valence-electron chi connectivity index (χ0n) is 84.8. The number of anilines is 1. The summed E-state index contributed by atoms with van der Waals surface area (Å²) in [6.45, 7) is 20.3. The van der Waals surface area contributed by atoms with E-state index in [1.165, 1.54) is 15.5 Å². The lowest BCUT2D eigenvalue weighted by molar-refractivity contribution is -0.172. The summed E-state index contributed by atoms with van der Waals surface area (Å²) in [6.07, 6.45) is 6.19. The Morgan fingerprint density at radius 1 is 0.658 bits per heavy atom. The summed E-state index contributed by atoms with van der Waals surface area (Å²) in [5.74, 6) is -3.93. The number of nitrogens with one attached hydrogen (secondary N) is 8. The number of carbonyl (C=O) groups is 10. The number of amides is 9. The Labute approximate surface area is 851 Å². The minimum atomic E-state index is -2.09. The largest absolute Gasteiger partial charge is 0.458 e. The third-order valence-electron chi connectivity index (χ3n) is 27.3. The summed E-state index contributed by atoms with van der Waals surface area (Å²) >= 11 is 1.81. The van der Waals surface area contributed by atoms with E-state index in [0.717, 1.165) is 114 Å². The van der Waals surface area contributed by atoms with Gasteiger partial charge in [0.05, 0.1) is 156 Å². The number of nitrogen functional groups attached to an aromatic ring is 1. The van der Waals surface area contributed by atoms with Crippen molar-refractivity contribution < 1.29 is 114 Å². The van der Waals surface area contributed by atoms with Gasteiger partial charge in [0.15, 0.2) is 11.4 Å². The molecule has 14 rings (SSSR count). The maximum Gasteiger partial charge on any atom is 0.407 e. The van der Waals surface area contributed by atoms with Crippen molar-refractivity contribution in [2.75, 3.05) is 164 Å². The number of likely N-dealkylation sites (tertiary alicyclic amines) is 1. The number of carbonyl (C=O) groups excluding carboxylic acids is 10. The van der Waals surface area contributed by atoms with E-state index in [1.807, 2.05) is 53.4 Å². The van der Waals surface area contributed by atoms with Crippen LogP contribution in [0.5, 0.6) is 0 Å². The highest BCUT2D eigenvalue weighted by Gasteiger charge is 2.47. The van der Waals surface area contributed by atoms with Crippen LogP contribution >= 0.6 is 11.3 Å². The van der Waals surface area contributed by atoms with Gasteiger partial charge >= 0.3 is 18.2 Å². The first kappa shape index (κ1) is 110. The molecule has 5 aromatic heterocycles. The Morgan fingerprint density at radius 2 is 1.30 bits per heavy atom. The van der Waals surface area contributed by atoms with E-state index in [-0.39, 0.29) is 120 Å². The van der Waals surface area contributed by atoms with Gasteiger partial charge in [0.1, 0.15) is 67.4 Å². The molecule has 2 fully saturated rings. The normalized spacial score (nSPS) is 16.7. The van der Waals surface area contributed by atoms with Gasteiger partial charge in [-0.1, -0.05) is 82.6 Å². The van der Waals surface area contributed by atoms with E-state index >= 15 is 4.39 Å². The second-order valence-electron chi connectivity index (χ2n) is 39.0. The highest BCUT2D eigenvalue weighted by Crippen LogP contribution is 2.49. The zero-order chi connectivity index (χ0) is 104. The van der Waals surface area contributed by atoms with Crippen LogP contribution < -0.4 is 53.8 Å². The molecule has 0 radical (unpaired) electrons. The molecule has 2 saturated heterocycles. The van der Waals surface area contributed by atoms with Gasteiger partial charge in [0.25, 0.3) is 5.56 Å². The number of nitrogens with two attached hydrogens (primary N) is 1. The number of pyridine rings is 3. The molecule has 4 aliphatic heterocycles. The van der Waals surface area contributed by atoms with Crippen LogP contribution in [0, 0.1) is 24.6 Å². The number of aryl methyl sites for hydroxylation is 2. The molecule has 0 saturated carbocycles. The first-order chi connectivity index (χ1) is 70.5. The first-order valence-corrected chi connectivity index (χ1v) is 52.0. The molecule has 0 unspecified atom stereocenters. The fourth-order valence-corrected chi connectivity index (χ4v) is 20.9. The van der Waals surface area contributed by atoms with Crippen LogP contribution in [-0.4, -0.2) is 276 Å². The first-order valence-electron chi connectivity index (χ1n) is 51.2. The molecule has 11 N–H and O–H groups in total. The van der Waals surface area contributed by atoms with Gasteiger partial charge in [-0.15, -0.1) is 11.3 Å². The van der Waals surface area contributed by atoms with Crippen LogP contribution in [0.1, 0.15) is 211 Å². The number of hydrogen-bond acceptors (Lipinski definition) is 29. The number of imidazole rings is 1. The van der Waals surface area contributed by atoms with E-state index in [2.05, 4.69) is 60.1 Å². The summed E-state index contributed by atoms with van der Waals surface area (Å²) in [7, 11) is 0. The van der Waals surface area contributed by atoms with Crippen molar-refractivity contribution in [3.8, 4) is 22.5 Å². The van der Waals surface area contributed by atoms with Gasteiger partial charge in [-0.2, -0.15) is 0 Å². The molecule has 41 heteroatoms. The standard InChI is InChI=1S/C105H140FN15O24S/c1-9-11-23-84-117-93-94(121(84)57-65-30-37-134-38-31-65)95-81(114-96(93)107)55-83(146-95)66-28-35-119(36-29-66)88(125)32-39-135-41-43-137-45-47-139-49-51-141-52-50-140-48-46-138-44-42-136-40-34-108-97(126)79(116-103(132)144-59-73-70-20-14-12-18-68(70)69-19-13-15-21-71(69)73)26-27-85(122)118-91(63(3)4)99(128)115-78(22-16-17-33-109-102(131)145-104(6,7)8)98(127)110-56-86(123)111-62-142-61-87(124)112-77-25-24-67-64(5)76(106)54-80-89(67)90(77)72-58-120-82(92(72)113-80)53-75-74(100(120)129)60-143-101(130)105(75,133)10-2/h12-15,18-21,53-55,63,65-66,73,77-79,91,133H,9-11,16-17,22-52,56-62H2,1-8H3,(H2,107,114)(H,108,126)(H,109,131)(H,110,127)(H,111,123)(H,112,124)(H,115,128)(H,116,132)(H,118,122)/t77-,78-,79-,91-,105-/m0/s1. The summed E-state index contributed by atoms with van der Waals surface area (Å²) in [5.41, 5.74) is 13.5. The third-order valence-corrected chi connectivity index (χ3v) is 28.6. The lowest BCUT2D eigenvalue weighted by atomic mass is 9.81. The third kappa shape index (κ3) is 28.4. The minimum absolute atomic E-state index is 0.00189. The van der Waals surface area contributed by atoms with Gasteiger partial charge in [0, 0.05) is 92.2 Å². The molecule has 792 valence electrons. The molecule has 6 aliphatic rings. The summed E-state index contributed by atoms with van der Waals surface area (Å²) in [5, 5.41) is 33.8. The summed E-state index contributed by atoms with van der Waals surface area (Å²) in [6, 6.07) is 16.1. The van der Waals surface area contributed by atoms with Crippen molar-refractivity contribution in [1.29, 1.82) is 0 Å². The Morgan fingerprint density at radius 3 is 1.95 bits per heavy atom. The topological polar surface area (TPSA) is 493 Å². The van der Waals surface area contributed by atoms with Crippen molar-refractivity contribution in [3.05, 3.63) is 138 Å². The molecule has 39 nitrogen and oxygen atoms in total. The van der Waals surface area contributed by atoms with Gasteiger partial charge in [-0.05, 0) is 174 Å². The van der Waals surface area contributed by atoms with Crippen LogP contribution in [0.15, 0.2) is 71.5 Å². The van der Waals surface area contributed by atoms with Gasteiger partial charge < -0.3 is 124 Å². The average Bonchev–Trinajstić information content (AvgIpc) is 1.51. The minimum Gasteiger partial charge on any atom is -0.458 e. The quantitative estimate of drug-likeness (QED) is 0.00734. The fourth-order valence-electron chi connectivity index (χ4n) is 19.6. The fraction of sp³-hybridized carbons (Fsp3) is 0.581. The van der Waals surface area contributed by atoms with Crippen LogP contribution in [0.4, 0.5) is 19.8 Å². The second kappa shape index (κ2) is 52.7. The lowest BCUT2D eigenvalue weighted by Gasteiger charge is -2.31. The Hall–Kier alpha value is -11.8. The van der Waals surface area contributed by atoms with Crippen molar-refractivity contribution in [2.45, 2.75) is 225 Å². The number of hydrogen-bond donors (Lipinski definition) is 10. The van der Waals surface area contributed by atoms with Crippen molar-refractivity contribution >= 4 is 109 Å². The number of esters is 1. The molecule has 3 aromatic carbocycles. The lowest BCUT2D eigenvalue weighted by Crippen LogP contribution is -2.56. The highest BCUT2D eigenvalue weighted by atomic mass is 32.1. The molecule has 9 amide bonds. The number of thiophene rings is 1. The number of piperidine rings is 1. The summed E-state index contributed by atoms with van der Waals surface area (Å²) < 4.78 is 88.2. The van der Waals surface area contributed by atoms with Gasteiger partial charge in [-0.25, -0.2) is 33.7 Å². The smallest absolute Gasteiger partial charge is 0.407 e. The molecular weight excluding hydrogens is 1910 g/mol. The number of alkyl carbamates (subject to hydrolysis) is 2. The highest BCUT2D eigenvalue weighted by molar-refractivity contribution is 7.20. The van der Waals surface area contributed by atoms with Crippen LogP contribution in [0.2, 0.25) is 0 Å². The number of nitrogens with zero attached hydrogens (tertiary/aromatic N) is 6. The van der Waals surface area contributed by atoms with E-state index in [4.69, 9.17) is 77.5 Å². The zero-order valence-corrected chi connectivity index (χ0v) is 85.6. The Bertz CT molecular complexity index is 5950. The molecule has 8 aromatic rings. The number of rotatable bonds is 55. The number of cyclic esters (lactones) is 1. The van der Waals surface area contributed by atoms with E-state index in [1.54, 1.807) is 65.9 Å². The molecule has 0 spiro atoms. The van der Waals surface area contributed by atoms with Crippen LogP contribution in [0.25, 0.3) is 54.7 Å². The van der Waals surface area contributed by atoms with Gasteiger partial charge in [0.2, 0.25) is 41.4 Å². The van der Waals surface area contributed by atoms with Crippen molar-refractivity contribution in [2.24, 2.45) is 11.8 Å². The maximum atomic E-state index is 15.6. The van der Waals surface area contributed by atoms with Crippen molar-refractivity contribution in [1.82, 2.24) is 71.5 Å². The predicted molar refractivity (Wildman–Crippen MR) is 540 cm³/mol. The number of benzene rings is 3. The molecule has 2 aliphatic carbocycles. The molecule has 0 bridgehead atoms. The second-order valence-corrected chi connectivity index (χ2v) is 40.0. The molecular formula is C105H140FN15O24S. The Kier molecular flexibility index (Phi) is 39.7. The van der Waals surface area contributed by atoms with Crippen LogP contribution in [-0.2, 0) is 133 Å². The molecule has 5 atom stereocenters. The predicted octanol–water partition coefficient (Wildman–Crippen LogP) is 9.18. The van der Waals surface area contributed by atoms with E-state index < -0.39 is 126 Å². The van der Waals surface area contributed by atoms with Crippen molar-refractivity contribution in [3.63, 3.8) is 0 Å². The van der Waals surface area contributed by atoms with E-state index in [0.29, 0.717) is 162 Å². The number of unbranched alkanes of at least 4 members (excludes halogenated alkanes) is 2. The maximum absolute atomic E-state index is 15.6. The number of aromatic nitrogens is 5. The summed E-state index contributed by atoms with van der Waals surface area (Å²) in [4.78, 5) is 169. The Balaban J connectivity index is 0.473.